The van der Waals surface area contributed by atoms with Crippen LogP contribution in [0.5, 0.6) is 5.75 Å². The van der Waals surface area contributed by atoms with E-state index in [1.165, 1.54) is 33.0 Å². The van der Waals surface area contributed by atoms with Crippen LogP contribution in [-0.2, 0) is 0 Å². The van der Waals surface area contributed by atoms with Crippen LogP contribution in [-0.4, -0.2) is 40.7 Å². The Kier molecular flexibility index (Phi) is 3.01. The molecule has 9 heteroatoms. The van der Waals surface area contributed by atoms with Crippen molar-refractivity contribution in [2.24, 2.45) is 0 Å². The molecular formula is C14H10N6O2S. The highest BCUT2D eigenvalue weighted by atomic mass is 32.2. The predicted molar refractivity (Wildman–Crippen MR) is 85.1 cm³/mol. The van der Waals surface area contributed by atoms with Gasteiger partial charge >= 0.3 is 0 Å². The average molecular weight is 326 g/mol. The van der Waals surface area contributed by atoms with Gasteiger partial charge < -0.3 is 5.11 Å². The molecule has 8 nitrogen and oxygen atoms in total. The van der Waals surface area contributed by atoms with Gasteiger partial charge in [-0.05, 0) is 24.5 Å². The lowest BCUT2D eigenvalue weighted by molar-refractivity contribution is 0.475. The predicted octanol–water partition coefficient (Wildman–Crippen LogP) is 1.25. The molecule has 0 bridgehead atoms. The van der Waals surface area contributed by atoms with E-state index in [2.05, 4.69) is 20.3 Å². The highest BCUT2D eigenvalue weighted by Crippen LogP contribution is 2.16. The van der Waals surface area contributed by atoms with Crippen molar-refractivity contribution >= 4 is 28.6 Å². The van der Waals surface area contributed by atoms with Gasteiger partial charge in [0.1, 0.15) is 11.3 Å². The molecule has 0 radical (unpaired) electrons. The summed E-state index contributed by atoms with van der Waals surface area (Å²) >= 11 is 1.39. The maximum absolute atomic E-state index is 12.7. The molecule has 0 aliphatic carbocycles. The van der Waals surface area contributed by atoms with Crippen LogP contribution in [0.25, 0.3) is 22.5 Å². The van der Waals surface area contributed by atoms with Gasteiger partial charge in [0.25, 0.3) is 11.3 Å². The number of pyridine rings is 1. The summed E-state index contributed by atoms with van der Waals surface area (Å²) in [6.07, 6.45) is 3.47. The maximum Gasteiger partial charge on any atom is 0.285 e. The van der Waals surface area contributed by atoms with Crippen molar-refractivity contribution in [1.29, 1.82) is 0 Å². The van der Waals surface area contributed by atoms with Crippen molar-refractivity contribution in [3.8, 4) is 11.4 Å². The first-order valence-electron chi connectivity index (χ1n) is 6.65. The molecule has 0 saturated carbocycles. The molecular weight excluding hydrogens is 316 g/mol. The number of phenolic OH excluding ortho intramolecular Hbond substituents is 1. The Hall–Kier alpha value is -2.94. The van der Waals surface area contributed by atoms with Crippen LogP contribution in [0.4, 0.5) is 0 Å². The molecule has 0 unspecified atom stereocenters. The molecule has 0 aliphatic rings. The lowest BCUT2D eigenvalue weighted by Crippen LogP contribution is -2.20. The number of thioether (sulfide) groups is 1. The first-order valence-corrected chi connectivity index (χ1v) is 7.88. The van der Waals surface area contributed by atoms with Gasteiger partial charge in [-0.2, -0.15) is 9.50 Å². The fourth-order valence-electron chi connectivity index (χ4n) is 2.32. The number of phenols is 1. The van der Waals surface area contributed by atoms with Crippen molar-refractivity contribution in [2.75, 3.05) is 6.26 Å². The summed E-state index contributed by atoms with van der Waals surface area (Å²) in [7, 11) is 0. The van der Waals surface area contributed by atoms with E-state index in [1.54, 1.807) is 24.4 Å². The Balaban J connectivity index is 2.02. The van der Waals surface area contributed by atoms with Crippen molar-refractivity contribution in [3.63, 3.8) is 0 Å². The Morgan fingerprint density at radius 3 is 2.87 bits per heavy atom. The number of benzene rings is 1. The molecule has 4 aromatic rings. The molecule has 3 heterocycles. The summed E-state index contributed by atoms with van der Waals surface area (Å²) in [5.74, 6) is 0.424. The van der Waals surface area contributed by atoms with Crippen molar-refractivity contribution in [2.45, 2.75) is 5.16 Å². The van der Waals surface area contributed by atoms with Crippen molar-refractivity contribution < 1.29 is 5.11 Å². The zero-order chi connectivity index (χ0) is 16.0. The zero-order valence-electron chi connectivity index (χ0n) is 11.9. The number of rotatable bonds is 2. The highest BCUT2D eigenvalue weighted by Gasteiger charge is 2.13. The molecule has 23 heavy (non-hydrogen) atoms. The van der Waals surface area contributed by atoms with Crippen LogP contribution in [0.3, 0.4) is 0 Å². The van der Waals surface area contributed by atoms with E-state index in [4.69, 9.17) is 0 Å². The maximum atomic E-state index is 12.7. The minimum absolute atomic E-state index is 0.0805. The third-order valence-electron chi connectivity index (χ3n) is 3.37. The standard InChI is InChI=1S/C14H10N6O2S/c1-23-14-15-13-17-16-11-10(20(13)18-14)5-6-19(12(11)22)8-3-2-4-9(21)7-8/h2-7,21H,1H3. The smallest absolute Gasteiger partial charge is 0.285 e. The van der Waals surface area contributed by atoms with E-state index in [-0.39, 0.29) is 16.8 Å². The number of aromatic nitrogens is 6. The second kappa shape index (κ2) is 5.06. The van der Waals surface area contributed by atoms with Crippen LogP contribution in [0.15, 0.2) is 46.5 Å². The third-order valence-corrected chi connectivity index (χ3v) is 3.91. The number of hydrogen-bond donors (Lipinski definition) is 1. The van der Waals surface area contributed by atoms with Crippen molar-refractivity contribution in [3.05, 3.63) is 46.9 Å². The van der Waals surface area contributed by atoms with E-state index in [0.29, 0.717) is 22.1 Å². The SMILES string of the molecule is CSc1nc2nnc3c(=O)n(-c4cccc(O)c4)ccc3n2n1. The second-order valence-corrected chi connectivity index (χ2v) is 5.53. The van der Waals surface area contributed by atoms with E-state index in [0.717, 1.165) is 0 Å². The van der Waals surface area contributed by atoms with E-state index in [1.807, 2.05) is 6.26 Å². The molecule has 1 aromatic carbocycles. The van der Waals surface area contributed by atoms with Gasteiger partial charge in [-0.3, -0.25) is 9.36 Å². The average Bonchev–Trinajstić information content (AvgIpc) is 2.99. The molecule has 114 valence electrons. The van der Waals surface area contributed by atoms with Gasteiger partial charge in [0.15, 0.2) is 5.52 Å². The number of hydrogen-bond acceptors (Lipinski definition) is 7. The van der Waals surface area contributed by atoms with Gasteiger partial charge in [-0.15, -0.1) is 15.3 Å². The monoisotopic (exact) mass is 326 g/mol. The molecule has 0 aliphatic heterocycles. The summed E-state index contributed by atoms with van der Waals surface area (Å²) in [5.41, 5.74) is 0.913. The zero-order valence-corrected chi connectivity index (χ0v) is 12.7. The van der Waals surface area contributed by atoms with Gasteiger partial charge in [0.05, 0.1) is 5.69 Å². The molecule has 0 saturated heterocycles. The van der Waals surface area contributed by atoms with Gasteiger partial charge in [0.2, 0.25) is 5.16 Å². The minimum Gasteiger partial charge on any atom is -0.508 e. The molecule has 4 rings (SSSR count). The summed E-state index contributed by atoms with van der Waals surface area (Å²) in [6.45, 7) is 0. The van der Waals surface area contributed by atoms with Crippen LogP contribution >= 0.6 is 11.8 Å². The Morgan fingerprint density at radius 1 is 1.22 bits per heavy atom. The van der Waals surface area contributed by atoms with Crippen LogP contribution < -0.4 is 5.56 Å². The highest BCUT2D eigenvalue weighted by molar-refractivity contribution is 7.98. The fraction of sp³-hybridized carbons (Fsp3) is 0.0714. The molecule has 0 fully saturated rings. The van der Waals surface area contributed by atoms with E-state index < -0.39 is 0 Å². The molecule has 0 amide bonds. The first kappa shape index (κ1) is 13.7. The summed E-state index contributed by atoms with van der Waals surface area (Å²) in [5, 5.41) is 22.4. The lowest BCUT2D eigenvalue weighted by Gasteiger charge is -2.07. The molecule has 0 spiro atoms. The van der Waals surface area contributed by atoms with Crippen LogP contribution in [0.2, 0.25) is 0 Å². The number of fused-ring (bicyclic) bond motifs is 3. The number of nitrogens with zero attached hydrogens (tertiary/aromatic N) is 6. The van der Waals surface area contributed by atoms with Gasteiger partial charge in [-0.1, -0.05) is 17.8 Å². The molecule has 0 atom stereocenters. The molecule has 1 N–H and O–H groups in total. The Labute approximate surface area is 133 Å². The quantitative estimate of drug-likeness (QED) is 0.554. The first-order chi connectivity index (χ1) is 11.2. The van der Waals surface area contributed by atoms with Crippen LogP contribution in [0, 0.1) is 0 Å². The fourth-order valence-corrected chi connectivity index (χ4v) is 2.66. The summed E-state index contributed by atoms with van der Waals surface area (Å²) in [6, 6.07) is 8.15. The lowest BCUT2D eigenvalue weighted by atomic mass is 10.3. The van der Waals surface area contributed by atoms with E-state index >= 15 is 0 Å². The topological polar surface area (TPSA) is 98.2 Å². The minimum atomic E-state index is -0.344. The Bertz CT molecular complexity index is 1100. The van der Waals surface area contributed by atoms with Crippen LogP contribution in [0.1, 0.15) is 0 Å². The molecule has 3 aromatic heterocycles. The summed E-state index contributed by atoms with van der Waals surface area (Å²) in [4.78, 5) is 16.9. The number of aromatic hydroxyl groups is 1. The van der Waals surface area contributed by atoms with Crippen molar-refractivity contribution in [1.82, 2.24) is 29.4 Å². The van der Waals surface area contributed by atoms with E-state index in [9.17, 15) is 9.90 Å². The van der Waals surface area contributed by atoms with Gasteiger partial charge in [0, 0.05) is 12.3 Å². The Morgan fingerprint density at radius 2 is 2.09 bits per heavy atom. The van der Waals surface area contributed by atoms with Gasteiger partial charge in [-0.25, -0.2) is 0 Å². The largest absolute Gasteiger partial charge is 0.508 e. The normalized spacial score (nSPS) is 11.3. The second-order valence-electron chi connectivity index (χ2n) is 4.75. The summed E-state index contributed by atoms with van der Waals surface area (Å²) < 4.78 is 2.90. The third kappa shape index (κ3) is 2.13.